The molecule has 2 aromatic carbocycles. The Morgan fingerprint density at radius 1 is 1.19 bits per heavy atom. The third-order valence-corrected chi connectivity index (χ3v) is 8.58. The molecule has 1 amide bonds. The van der Waals surface area contributed by atoms with E-state index in [1.807, 2.05) is 30.3 Å². The van der Waals surface area contributed by atoms with Crippen LogP contribution in [0, 0.1) is 23.1 Å². The van der Waals surface area contributed by atoms with Gasteiger partial charge in [0.05, 0.1) is 19.2 Å². The van der Waals surface area contributed by atoms with Crippen LogP contribution in [0.25, 0.3) is 11.0 Å². The largest absolute Gasteiger partial charge is 0.497 e. The average Bonchev–Trinajstić information content (AvgIpc) is 3.24. The number of nitrogens with zero attached hydrogens (tertiary/aromatic N) is 1. The summed E-state index contributed by atoms with van der Waals surface area (Å²) < 4.78 is 24.0. The molecule has 2 atom stereocenters. The van der Waals surface area contributed by atoms with Crippen molar-refractivity contribution < 1.29 is 18.4 Å². The molecule has 0 radical (unpaired) electrons. The Kier molecular flexibility index (Phi) is 7.18. The fourth-order valence-corrected chi connectivity index (χ4v) is 6.14. The number of hydrogen-bond donors (Lipinski definition) is 1. The summed E-state index contributed by atoms with van der Waals surface area (Å²) in [5, 5.41) is 8.32. The number of hydrogen-bond acceptors (Lipinski definition) is 4. The average molecular weight is 503 g/mol. The van der Waals surface area contributed by atoms with Crippen LogP contribution < -0.4 is 10.1 Å². The normalized spacial score (nSPS) is 25.1. The van der Waals surface area contributed by atoms with Gasteiger partial charge in [-0.3, -0.25) is 4.79 Å². The topological polar surface area (TPSA) is 64.4 Å². The molecule has 0 bridgehead atoms. The number of fused-ring (bicyclic) bond motifs is 1. The van der Waals surface area contributed by atoms with Gasteiger partial charge in [-0.1, -0.05) is 35.5 Å². The van der Waals surface area contributed by atoms with Crippen molar-refractivity contribution in [2.45, 2.75) is 50.9 Å². The first kappa shape index (κ1) is 25.2. The smallest absolute Gasteiger partial charge is 0.224 e. The van der Waals surface area contributed by atoms with Crippen molar-refractivity contribution in [3.63, 3.8) is 0 Å². The predicted octanol–water partition coefficient (Wildman–Crippen LogP) is 6.75. The summed E-state index contributed by atoms with van der Waals surface area (Å²) in [6.07, 6.45) is 8.98. The van der Waals surface area contributed by atoms with Gasteiger partial charge in [-0.2, -0.15) is 0 Å². The van der Waals surface area contributed by atoms with E-state index in [1.54, 1.807) is 13.2 Å². The molecular weight excluding hydrogens is 467 g/mol. The highest BCUT2D eigenvalue weighted by Crippen LogP contribution is 2.60. The van der Waals surface area contributed by atoms with Gasteiger partial charge in [0, 0.05) is 29.3 Å². The molecule has 194 valence electrons. The first-order chi connectivity index (χ1) is 17.9. The number of nitrogens with one attached hydrogen (secondary N) is 1. The number of aromatic nitrogens is 1. The number of benzene rings is 2. The van der Waals surface area contributed by atoms with Gasteiger partial charge in [0.15, 0.2) is 5.58 Å². The molecule has 5 nitrogen and oxygen atoms in total. The van der Waals surface area contributed by atoms with Crippen LogP contribution in [-0.2, 0) is 11.2 Å². The van der Waals surface area contributed by atoms with Crippen LogP contribution in [0.5, 0.6) is 5.75 Å². The first-order valence-corrected chi connectivity index (χ1v) is 13.2. The van der Waals surface area contributed by atoms with Crippen LogP contribution >= 0.6 is 0 Å². The Labute approximate surface area is 217 Å². The van der Waals surface area contributed by atoms with Gasteiger partial charge in [-0.25, -0.2) is 4.39 Å². The molecule has 3 aromatic rings. The van der Waals surface area contributed by atoms with Crippen molar-refractivity contribution in [2.24, 2.45) is 17.3 Å². The molecule has 2 aliphatic rings. The molecule has 1 heterocycles. The zero-order chi connectivity index (χ0) is 26.0. The highest BCUT2D eigenvalue weighted by atomic mass is 19.1. The van der Waals surface area contributed by atoms with Crippen LogP contribution in [0.15, 0.2) is 71.8 Å². The van der Waals surface area contributed by atoms with Gasteiger partial charge in [0.25, 0.3) is 0 Å². The molecule has 0 saturated heterocycles. The Bertz CT molecular complexity index is 1290. The fourth-order valence-electron chi connectivity index (χ4n) is 6.14. The van der Waals surface area contributed by atoms with E-state index in [1.165, 1.54) is 17.7 Å². The first-order valence-electron chi connectivity index (χ1n) is 13.2. The van der Waals surface area contributed by atoms with Crippen molar-refractivity contribution in [3.8, 4) is 5.75 Å². The second-order valence-electron chi connectivity index (χ2n) is 10.6. The number of halogens is 1. The Hall–Kier alpha value is -3.41. The monoisotopic (exact) mass is 502 g/mol. The highest BCUT2D eigenvalue weighted by molar-refractivity contribution is 5.80. The van der Waals surface area contributed by atoms with Crippen LogP contribution in [0.2, 0.25) is 0 Å². The summed E-state index contributed by atoms with van der Waals surface area (Å²) in [5.41, 5.74) is 3.45. The van der Waals surface area contributed by atoms with Crippen molar-refractivity contribution in [3.05, 3.63) is 84.3 Å². The number of rotatable bonds is 10. The molecule has 1 N–H and O–H groups in total. The lowest BCUT2D eigenvalue weighted by molar-refractivity contribution is -0.120. The molecule has 6 heteroatoms. The molecule has 0 spiro atoms. The third-order valence-electron chi connectivity index (χ3n) is 8.58. The summed E-state index contributed by atoms with van der Waals surface area (Å²) in [6.45, 7) is 8.95. The molecule has 1 aromatic heterocycles. The van der Waals surface area contributed by atoms with Crippen molar-refractivity contribution in [1.29, 1.82) is 0 Å². The molecule has 2 aliphatic carbocycles. The van der Waals surface area contributed by atoms with Crippen molar-refractivity contribution in [2.75, 3.05) is 13.7 Å². The standard InChI is InChI=1S/C31H35FN2O3/c1-4-31(19-33-29(35)17-22-7-13-25(36-3)14-8-22)20(2)27(31)16-9-21-5-10-23(11-6-21)30-26-15-12-24(32)18-28(26)37-34-30/h4,7-8,12-15,18,21,23,27H,1-2,5-6,9-11,16-17,19H2,3H3,(H,33,35)/t21?,23?,27-,31?/m0/s1. The molecule has 37 heavy (non-hydrogen) atoms. The summed E-state index contributed by atoms with van der Waals surface area (Å²) in [6, 6.07) is 12.2. The molecule has 1 unspecified atom stereocenters. The van der Waals surface area contributed by atoms with E-state index in [9.17, 15) is 9.18 Å². The summed E-state index contributed by atoms with van der Waals surface area (Å²) in [5.74, 6) is 1.90. The number of carbonyl (C=O) groups excluding carboxylic acids is 1. The van der Waals surface area contributed by atoms with Gasteiger partial charge >= 0.3 is 0 Å². The van der Waals surface area contributed by atoms with E-state index in [2.05, 4.69) is 23.6 Å². The summed E-state index contributed by atoms with van der Waals surface area (Å²) in [7, 11) is 1.63. The zero-order valence-electron chi connectivity index (χ0n) is 21.5. The number of methoxy groups -OCH3 is 1. The van der Waals surface area contributed by atoms with Gasteiger partial charge < -0.3 is 14.6 Å². The molecule has 2 saturated carbocycles. The lowest BCUT2D eigenvalue weighted by atomic mass is 9.77. The van der Waals surface area contributed by atoms with Crippen molar-refractivity contribution in [1.82, 2.24) is 10.5 Å². The maximum absolute atomic E-state index is 13.5. The van der Waals surface area contributed by atoms with Gasteiger partial charge in [0.2, 0.25) is 5.91 Å². The Balaban J connectivity index is 1.08. The Morgan fingerprint density at radius 2 is 1.95 bits per heavy atom. The van der Waals surface area contributed by atoms with Crippen LogP contribution in [0.1, 0.15) is 55.7 Å². The minimum absolute atomic E-state index is 0.00582. The maximum atomic E-state index is 13.5. The van der Waals surface area contributed by atoms with E-state index in [0.29, 0.717) is 36.3 Å². The van der Waals surface area contributed by atoms with Gasteiger partial charge in [0.1, 0.15) is 11.6 Å². The SMILES string of the molecule is C=CC1(CNC(=O)Cc2ccc(OC)cc2)C(=C)[C@@H]1CCC1CCC(c2noc3cc(F)ccc23)CC1. The van der Waals surface area contributed by atoms with Crippen molar-refractivity contribution >= 4 is 16.9 Å². The third kappa shape index (κ3) is 5.20. The van der Waals surface area contributed by atoms with Gasteiger partial charge in [-0.05, 0) is 80.2 Å². The molecule has 5 rings (SSSR count). The Morgan fingerprint density at radius 3 is 2.65 bits per heavy atom. The van der Waals surface area contributed by atoms with Crippen LogP contribution in [0.4, 0.5) is 4.39 Å². The lowest BCUT2D eigenvalue weighted by Crippen LogP contribution is -2.31. The fraction of sp³-hybridized carbons (Fsp3) is 0.419. The zero-order valence-corrected chi connectivity index (χ0v) is 21.5. The number of amides is 1. The minimum Gasteiger partial charge on any atom is -0.497 e. The summed E-state index contributed by atoms with van der Waals surface area (Å²) in [4.78, 5) is 12.6. The summed E-state index contributed by atoms with van der Waals surface area (Å²) >= 11 is 0. The van der Waals surface area contributed by atoms with Gasteiger partial charge in [-0.15, -0.1) is 6.58 Å². The number of carbonyl (C=O) groups is 1. The lowest BCUT2D eigenvalue weighted by Gasteiger charge is -2.27. The molecule has 2 fully saturated rings. The number of ether oxygens (including phenoxy) is 1. The van der Waals surface area contributed by atoms with E-state index in [0.717, 1.165) is 60.9 Å². The quantitative estimate of drug-likeness (QED) is 0.312. The minimum atomic E-state index is -0.298. The van der Waals surface area contributed by atoms with Crippen LogP contribution in [0.3, 0.4) is 0 Å². The molecule has 0 aliphatic heterocycles. The van der Waals surface area contributed by atoms with E-state index in [-0.39, 0.29) is 17.1 Å². The second kappa shape index (κ2) is 10.5. The highest BCUT2D eigenvalue weighted by Gasteiger charge is 2.55. The second-order valence-corrected chi connectivity index (χ2v) is 10.6. The van der Waals surface area contributed by atoms with E-state index >= 15 is 0 Å². The molecular formula is C31H35FN2O3. The predicted molar refractivity (Wildman–Crippen MR) is 143 cm³/mol. The maximum Gasteiger partial charge on any atom is 0.224 e. The van der Waals surface area contributed by atoms with E-state index < -0.39 is 0 Å². The van der Waals surface area contributed by atoms with Crippen LogP contribution in [-0.4, -0.2) is 24.7 Å². The van der Waals surface area contributed by atoms with E-state index in [4.69, 9.17) is 9.26 Å².